The van der Waals surface area contributed by atoms with Crippen molar-refractivity contribution in [3.63, 3.8) is 0 Å². The van der Waals surface area contributed by atoms with Crippen LogP contribution in [0.1, 0.15) is 1.43 Å². The fraction of sp³-hybridized carbons (Fsp3) is 0. The van der Waals surface area contributed by atoms with Gasteiger partial charge in [-0.15, -0.1) is 0 Å². The van der Waals surface area contributed by atoms with E-state index in [1.54, 1.807) is 0 Å². The molecule has 0 saturated carbocycles. The van der Waals surface area contributed by atoms with Crippen molar-refractivity contribution in [1.82, 2.24) is 0 Å². The molecule has 1 nitrogen and oxygen atoms in total. The number of rotatable bonds is 0. The first-order valence-corrected chi connectivity index (χ1v) is 0.258. The molecule has 0 aromatic carbocycles. The van der Waals surface area contributed by atoms with Crippen LogP contribution in [0.15, 0.2) is 0 Å². The molecule has 1 radical (unpaired) electrons. The Labute approximate surface area is 96.7 Å². The summed E-state index contributed by atoms with van der Waals surface area (Å²) >= 11 is 0. The molecule has 5 heavy (non-hydrogen) atoms. The Balaban J connectivity index is -0.000000000833. The van der Waals surface area contributed by atoms with E-state index in [1.165, 1.54) is 0 Å². The first-order valence-electron chi connectivity index (χ1n) is 0.258. The fourth-order valence-corrected chi connectivity index (χ4v) is 0. The summed E-state index contributed by atoms with van der Waals surface area (Å²) in [5.74, 6) is 0. The molecule has 0 spiro atoms. The third kappa shape index (κ3) is 22.8. The molecule has 0 aliphatic carbocycles. The van der Waals surface area contributed by atoms with Crippen LogP contribution in [0.5, 0.6) is 0 Å². The minimum atomic E-state index is 0. The molecule has 0 aromatic heterocycles. The average Bonchev–Trinajstić information content (AvgIpc) is 1.00. The first-order chi connectivity index (χ1) is 1.00. The molecular weight excluding hydrogens is 185 g/mol. The van der Waals surface area contributed by atoms with E-state index in [4.69, 9.17) is 5.26 Å². The van der Waals surface area contributed by atoms with Gasteiger partial charge in [0.1, 0.15) is 0 Å². The Morgan fingerprint density at radius 3 is 1.40 bits per heavy atom. The summed E-state index contributed by atoms with van der Waals surface area (Å²) in [6.07, 6.45) is 0. The van der Waals surface area contributed by atoms with Gasteiger partial charge in [0.05, 0.1) is 0 Å². The predicted octanol–water partition coefficient (Wildman–Crippen LogP) is -2.75. The van der Waals surface area contributed by atoms with Gasteiger partial charge in [-0.3, -0.25) is 0 Å². The van der Waals surface area contributed by atoms with Crippen LogP contribution in [-0.2, 0) is 34.1 Å². The summed E-state index contributed by atoms with van der Waals surface area (Å²) in [6, 6.07) is 0. The largest absolute Gasteiger partial charge is 1.00 e. The van der Waals surface area contributed by atoms with Crippen molar-refractivity contribution in [2.75, 3.05) is 0 Å². The van der Waals surface area contributed by atoms with Crippen molar-refractivity contribution in [3.05, 3.63) is 0 Å². The molecule has 0 bridgehead atoms. The van der Waals surface area contributed by atoms with Crippen LogP contribution in [0.25, 0.3) is 0 Å². The van der Waals surface area contributed by atoms with E-state index in [-0.39, 0.29) is 86.9 Å². The van der Waals surface area contributed by atoms with Crippen molar-refractivity contribution in [2.24, 2.45) is 0 Å². The third-order valence-corrected chi connectivity index (χ3v) is 0. The van der Waals surface area contributed by atoms with Gasteiger partial charge in [-0.05, 0) is 0 Å². The van der Waals surface area contributed by atoms with Gasteiger partial charge in [0.25, 0.3) is 0 Å². The maximum atomic E-state index is 6.50. The van der Waals surface area contributed by atoms with Crippen molar-refractivity contribution in [1.29, 1.82) is 5.26 Å². The van der Waals surface area contributed by atoms with Crippen LogP contribution in [-0.4, -0.2) is 0 Å². The Morgan fingerprint density at radius 1 is 1.40 bits per heavy atom. The monoisotopic (exact) mass is 186 g/mol. The van der Waals surface area contributed by atoms with E-state index >= 15 is 0 Å². The van der Waals surface area contributed by atoms with Gasteiger partial charge >= 0.3 is 51.4 Å². The summed E-state index contributed by atoms with van der Waals surface area (Å²) in [4.78, 5) is 0. The van der Waals surface area contributed by atoms with Crippen LogP contribution < -0.4 is 51.4 Å². The number of hydrogen-bond acceptors (Lipinski definition) is 1. The Kier molecular flexibility index (Phi) is 191. The summed E-state index contributed by atoms with van der Waals surface area (Å²) < 4.78 is 0. The van der Waals surface area contributed by atoms with E-state index in [0.717, 1.165) is 0 Å². The van der Waals surface area contributed by atoms with Gasteiger partial charge in [0.15, 0.2) is 0 Å². The molecule has 0 amide bonds. The topological polar surface area (TPSA) is 23.8 Å². The van der Waals surface area contributed by atoms with Crippen molar-refractivity contribution >= 4 is 0 Å². The second-order valence-electron chi connectivity index (χ2n) is 0. The molecule has 0 heterocycles. The molecule has 0 atom stereocenters. The number of nitrogens with zero attached hydrogens (tertiary/aromatic N) is 1. The van der Waals surface area contributed by atoms with E-state index < -0.39 is 0 Å². The molecule has 0 rings (SSSR count). The van der Waals surface area contributed by atoms with Gasteiger partial charge in [0.2, 0.25) is 0 Å². The van der Waals surface area contributed by atoms with Crippen LogP contribution in [0.2, 0.25) is 0 Å². The molecule has 0 aliphatic heterocycles. The quantitative estimate of drug-likeness (QED) is 0.377. The van der Waals surface area contributed by atoms with Crippen LogP contribution in [0.4, 0.5) is 0 Å². The summed E-state index contributed by atoms with van der Waals surface area (Å²) in [5.41, 5.74) is 0. The van der Waals surface area contributed by atoms with E-state index in [2.05, 4.69) is 6.57 Å². The normalized spacial score (nSPS) is 0.400. The Morgan fingerprint density at radius 2 is 1.40 bits per heavy atom. The maximum absolute atomic E-state index is 6.50. The van der Waals surface area contributed by atoms with E-state index in [9.17, 15) is 0 Å². The van der Waals surface area contributed by atoms with Crippen molar-refractivity contribution < 1.29 is 86.9 Å². The molecule has 31 valence electrons. The summed E-state index contributed by atoms with van der Waals surface area (Å²) in [5, 5.41) is 6.50. The summed E-state index contributed by atoms with van der Waals surface area (Å²) in [6.45, 7) is 3.50. The minimum Gasteiger partial charge on any atom is -1.00 e. The zero-order chi connectivity index (χ0) is 2.00. The van der Waals surface area contributed by atoms with Gasteiger partial charge in [-0.25, -0.2) is 5.26 Å². The molecule has 0 aromatic rings. The molecule has 0 unspecified atom stereocenters. The molecular formula is CH2CuFeKN. The smallest absolute Gasteiger partial charge is 1.00 e. The summed E-state index contributed by atoms with van der Waals surface area (Å²) in [7, 11) is 0. The van der Waals surface area contributed by atoms with E-state index in [1.807, 2.05) is 0 Å². The number of hydrogen-bond donors (Lipinski definition) is 0. The SMILES string of the molecule is C#N.[Cu].[Fe].[H-].[K+]. The maximum Gasteiger partial charge on any atom is 1.00 e. The van der Waals surface area contributed by atoms with Crippen molar-refractivity contribution in [3.8, 4) is 6.57 Å². The third-order valence-electron chi connectivity index (χ3n) is 0. The second kappa shape index (κ2) is 35.1. The van der Waals surface area contributed by atoms with Gasteiger partial charge in [-0.2, -0.15) is 0 Å². The molecule has 4 heteroatoms. The van der Waals surface area contributed by atoms with Crippen LogP contribution in [0.3, 0.4) is 0 Å². The van der Waals surface area contributed by atoms with E-state index in [0.29, 0.717) is 0 Å². The molecule has 0 aliphatic rings. The van der Waals surface area contributed by atoms with Crippen LogP contribution >= 0.6 is 0 Å². The fourth-order valence-electron chi connectivity index (χ4n) is 0. The first kappa shape index (κ1) is 27.2. The van der Waals surface area contributed by atoms with Gasteiger partial charge in [0, 0.05) is 40.7 Å². The zero-order valence-corrected chi connectivity index (χ0v) is 7.85. The molecule has 0 fully saturated rings. The number of nitriles is 1. The second-order valence-corrected chi connectivity index (χ2v) is 0. The average molecular weight is 187 g/mol. The Bertz CT molecular complexity index is 20.3. The van der Waals surface area contributed by atoms with Gasteiger partial charge in [-0.1, -0.05) is 0 Å². The van der Waals surface area contributed by atoms with Crippen molar-refractivity contribution in [2.45, 2.75) is 0 Å². The predicted molar refractivity (Wildman–Crippen MR) is 7.78 cm³/mol. The van der Waals surface area contributed by atoms with Crippen LogP contribution in [0, 0.1) is 11.8 Å². The molecule has 0 N–H and O–H groups in total. The Hall–Kier alpha value is 2.17. The molecule has 0 saturated heterocycles. The van der Waals surface area contributed by atoms with Gasteiger partial charge < -0.3 is 1.43 Å². The zero-order valence-electron chi connectivity index (χ0n) is 3.68. The minimum absolute atomic E-state index is 0. The standard InChI is InChI=1S/CHN.Cu.Fe.K.H/c1-2;;;;/h1H;;;;/q;;;+1;-1.